The monoisotopic (exact) mass is 389 g/mol. The number of ether oxygens (including phenoxy) is 2. The smallest absolute Gasteiger partial charge is 0.119 e. The van der Waals surface area contributed by atoms with Gasteiger partial charge in [-0.3, -0.25) is 0 Å². The highest BCUT2D eigenvalue weighted by molar-refractivity contribution is 7.80. The first-order valence-electron chi connectivity index (χ1n) is 9.02. The minimum Gasteiger partial charge on any atom is -0.504 e. The predicted octanol–water partition coefficient (Wildman–Crippen LogP) is 5.20. The summed E-state index contributed by atoms with van der Waals surface area (Å²) in [5, 5.41) is 3.36. The number of rotatable bonds is 7. The summed E-state index contributed by atoms with van der Waals surface area (Å²) >= 11 is 5.72. The van der Waals surface area contributed by atoms with Crippen molar-refractivity contribution in [1.82, 2.24) is 5.32 Å². The number of nitrogens with one attached hydrogen (secondary N) is 1. The molecule has 3 aromatic rings. The highest BCUT2D eigenvalue weighted by Gasteiger charge is 2.15. The molecule has 0 fully saturated rings. The normalized spacial score (nSPS) is 11.0. The van der Waals surface area contributed by atoms with Crippen molar-refractivity contribution >= 4 is 22.8 Å². The van der Waals surface area contributed by atoms with Crippen LogP contribution in [-0.2, 0) is 11.3 Å². The minimum absolute atomic E-state index is 0.666. The lowest BCUT2D eigenvalue weighted by molar-refractivity contribution is 0.340. The molecule has 0 spiro atoms. The summed E-state index contributed by atoms with van der Waals surface area (Å²) in [5.41, 5.74) is 5.05. The standard InChI is InChI=1S/C24H23NO2S/c1-26-17-23(19-11-7-4-8-12-19)22-15-20(27-2)13-14-21(22)24(28)25-16-18-9-5-3-6-10-18/h3-15,17H,16H2,1-2H3,(H,25,28)/b23-17+. The highest BCUT2D eigenvalue weighted by atomic mass is 32.1. The van der Waals surface area contributed by atoms with Gasteiger partial charge in [-0.05, 0) is 34.9 Å². The van der Waals surface area contributed by atoms with Crippen LogP contribution in [-0.4, -0.2) is 19.2 Å². The Labute approximate surface area is 171 Å². The molecule has 0 bridgehead atoms. The molecule has 0 atom stereocenters. The van der Waals surface area contributed by atoms with Gasteiger partial charge in [-0.15, -0.1) is 0 Å². The number of methoxy groups -OCH3 is 2. The van der Waals surface area contributed by atoms with Gasteiger partial charge in [0, 0.05) is 17.7 Å². The van der Waals surface area contributed by atoms with Crippen LogP contribution in [0.5, 0.6) is 5.75 Å². The molecule has 3 nitrogen and oxygen atoms in total. The highest BCUT2D eigenvalue weighted by Crippen LogP contribution is 2.30. The van der Waals surface area contributed by atoms with E-state index in [1.54, 1.807) is 20.5 Å². The van der Waals surface area contributed by atoms with Crippen LogP contribution < -0.4 is 10.1 Å². The Kier molecular flexibility index (Phi) is 6.82. The molecule has 0 radical (unpaired) electrons. The number of hydrogen-bond acceptors (Lipinski definition) is 3. The van der Waals surface area contributed by atoms with E-state index in [0.717, 1.165) is 28.0 Å². The molecule has 142 valence electrons. The zero-order valence-corrected chi connectivity index (χ0v) is 16.8. The molecule has 0 unspecified atom stereocenters. The Hall–Kier alpha value is -3.11. The van der Waals surface area contributed by atoms with Gasteiger partial charge >= 0.3 is 0 Å². The van der Waals surface area contributed by atoms with E-state index in [-0.39, 0.29) is 0 Å². The van der Waals surface area contributed by atoms with Crippen LogP contribution in [0, 0.1) is 0 Å². The summed E-state index contributed by atoms with van der Waals surface area (Å²) in [7, 11) is 3.31. The van der Waals surface area contributed by atoms with Crippen LogP contribution >= 0.6 is 12.2 Å². The Morgan fingerprint density at radius 2 is 1.57 bits per heavy atom. The van der Waals surface area contributed by atoms with Crippen LogP contribution in [0.25, 0.3) is 5.57 Å². The van der Waals surface area contributed by atoms with E-state index < -0.39 is 0 Å². The fraction of sp³-hybridized carbons (Fsp3) is 0.125. The Morgan fingerprint density at radius 1 is 0.893 bits per heavy atom. The molecule has 1 N–H and O–H groups in total. The summed E-state index contributed by atoms with van der Waals surface area (Å²) in [6.07, 6.45) is 1.74. The van der Waals surface area contributed by atoms with Gasteiger partial charge < -0.3 is 14.8 Å². The third-order valence-corrected chi connectivity index (χ3v) is 4.74. The number of benzene rings is 3. The van der Waals surface area contributed by atoms with Crippen molar-refractivity contribution in [2.45, 2.75) is 6.54 Å². The number of hydrogen-bond donors (Lipinski definition) is 1. The van der Waals surface area contributed by atoms with Gasteiger partial charge in [0.25, 0.3) is 0 Å². The van der Waals surface area contributed by atoms with Crippen molar-refractivity contribution in [2.24, 2.45) is 0 Å². The predicted molar refractivity (Wildman–Crippen MR) is 119 cm³/mol. The average molecular weight is 390 g/mol. The van der Waals surface area contributed by atoms with E-state index in [1.807, 2.05) is 54.6 Å². The molecular weight excluding hydrogens is 366 g/mol. The van der Waals surface area contributed by atoms with Gasteiger partial charge in [0.15, 0.2) is 0 Å². The van der Waals surface area contributed by atoms with Crippen molar-refractivity contribution in [3.8, 4) is 5.75 Å². The average Bonchev–Trinajstić information content (AvgIpc) is 2.76. The van der Waals surface area contributed by atoms with Gasteiger partial charge in [0.2, 0.25) is 0 Å². The number of thiocarbonyl (C=S) groups is 1. The lowest BCUT2D eigenvalue weighted by atomic mass is 9.94. The molecule has 0 aromatic heterocycles. The first-order chi connectivity index (χ1) is 13.7. The quantitative estimate of drug-likeness (QED) is 0.445. The molecule has 3 aromatic carbocycles. The van der Waals surface area contributed by atoms with Crippen LogP contribution in [0.1, 0.15) is 22.3 Å². The Bertz CT molecular complexity index is 953. The third-order valence-electron chi connectivity index (χ3n) is 4.38. The zero-order chi connectivity index (χ0) is 19.8. The molecule has 0 aliphatic heterocycles. The second-order valence-corrected chi connectivity index (χ2v) is 6.62. The van der Waals surface area contributed by atoms with Crippen LogP contribution in [0.3, 0.4) is 0 Å². The molecule has 0 aliphatic rings. The van der Waals surface area contributed by atoms with Gasteiger partial charge in [0.05, 0.1) is 20.5 Å². The first-order valence-corrected chi connectivity index (χ1v) is 9.42. The molecule has 0 saturated carbocycles. The molecule has 4 heteroatoms. The van der Waals surface area contributed by atoms with Crippen molar-refractivity contribution in [1.29, 1.82) is 0 Å². The Balaban J connectivity index is 1.97. The fourth-order valence-corrected chi connectivity index (χ4v) is 3.22. The van der Waals surface area contributed by atoms with E-state index in [9.17, 15) is 0 Å². The summed E-state index contributed by atoms with van der Waals surface area (Å²) in [5.74, 6) is 0.766. The Morgan fingerprint density at radius 3 is 2.21 bits per heavy atom. The molecule has 0 amide bonds. The summed E-state index contributed by atoms with van der Waals surface area (Å²) in [4.78, 5) is 0.680. The van der Waals surface area contributed by atoms with Gasteiger partial charge in [-0.1, -0.05) is 72.9 Å². The second kappa shape index (κ2) is 9.72. The van der Waals surface area contributed by atoms with Gasteiger partial charge in [-0.25, -0.2) is 0 Å². The maximum absolute atomic E-state index is 5.72. The summed E-state index contributed by atoms with van der Waals surface area (Å²) in [6.45, 7) is 0.666. The maximum atomic E-state index is 5.72. The van der Waals surface area contributed by atoms with E-state index in [1.165, 1.54) is 5.56 Å². The van der Waals surface area contributed by atoms with Crippen molar-refractivity contribution < 1.29 is 9.47 Å². The topological polar surface area (TPSA) is 30.5 Å². The molecule has 3 rings (SSSR count). The van der Waals surface area contributed by atoms with Gasteiger partial charge in [-0.2, -0.15) is 0 Å². The van der Waals surface area contributed by atoms with Crippen molar-refractivity contribution in [3.63, 3.8) is 0 Å². The molecule has 0 heterocycles. The minimum atomic E-state index is 0.666. The first kappa shape index (κ1) is 19.6. The zero-order valence-electron chi connectivity index (χ0n) is 16.0. The summed E-state index contributed by atoms with van der Waals surface area (Å²) in [6, 6.07) is 26.2. The van der Waals surface area contributed by atoms with E-state index in [2.05, 4.69) is 29.6 Å². The van der Waals surface area contributed by atoms with Crippen molar-refractivity contribution in [2.75, 3.05) is 14.2 Å². The molecule has 0 aliphatic carbocycles. The van der Waals surface area contributed by atoms with Crippen LogP contribution in [0.15, 0.2) is 85.1 Å². The van der Waals surface area contributed by atoms with Crippen molar-refractivity contribution in [3.05, 3.63) is 107 Å². The fourth-order valence-electron chi connectivity index (χ4n) is 2.97. The van der Waals surface area contributed by atoms with Gasteiger partial charge in [0.1, 0.15) is 10.7 Å². The van der Waals surface area contributed by atoms with E-state index in [4.69, 9.17) is 21.7 Å². The second-order valence-electron chi connectivity index (χ2n) is 6.21. The van der Waals surface area contributed by atoms with Crippen LogP contribution in [0.4, 0.5) is 0 Å². The third kappa shape index (κ3) is 4.78. The molecular formula is C24H23NO2S. The lowest BCUT2D eigenvalue weighted by Gasteiger charge is -2.17. The summed E-state index contributed by atoms with van der Waals surface area (Å²) < 4.78 is 10.8. The van der Waals surface area contributed by atoms with E-state index >= 15 is 0 Å². The SMILES string of the molecule is CO/C=C(\c1ccccc1)c1cc(OC)ccc1C(=S)NCc1ccccc1. The molecule has 28 heavy (non-hydrogen) atoms. The molecule has 0 saturated heterocycles. The maximum Gasteiger partial charge on any atom is 0.119 e. The lowest BCUT2D eigenvalue weighted by Crippen LogP contribution is -2.23. The van der Waals surface area contributed by atoms with E-state index in [0.29, 0.717) is 11.5 Å². The van der Waals surface area contributed by atoms with Crippen LogP contribution in [0.2, 0.25) is 0 Å². The largest absolute Gasteiger partial charge is 0.504 e.